The highest BCUT2D eigenvalue weighted by Crippen LogP contribution is 2.16. The van der Waals surface area contributed by atoms with Gasteiger partial charge in [0.2, 0.25) is 0 Å². The number of rotatable bonds is 16. The lowest BCUT2D eigenvalue weighted by atomic mass is 9.78. The van der Waals surface area contributed by atoms with Crippen molar-refractivity contribution < 1.29 is 10.0 Å². The highest BCUT2D eigenvalue weighted by molar-refractivity contribution is 6.60. The van der Waals surface area contributed by atoms with Crippen LogP contribution in [0.25, 0.3) is 0 Å². The van der Waals surface area contributed by atoms with Gasteiger partial charge < -0.3 is 14.9 Å². The lowest BCUT2D eigenvalue weighted by Gasteiger charge is -2.27. The van der Waals surface area contributed by atoms with Crippen molar-refractivity contribution in [3.63, 3.8) is 0 Å². The fourth-order valence-corrected chi connectivity index (χ4v) is 3.51. The molecule has 0 aliphatic rings. The van der Waals surface area contributed by atoms with E-state index < -0.39 is 7.12 Å². The maximum atomic E-state index is 9.72. The summed E-state index contributed by atoms with van der Waals surface area (Å²) in [5, 5.41) is 19.4. The second kappa shape index (κ2) is 15.1. The van der Waals surface area contributed by atoms with Crippen molar-refractivity contribution in [1.82, 2.24) is 0 Å². The summed E-state index contributed by atoms with van der Waals surface area (Å²) in [5.74, 6) is 0. The third-order valence-electron chi connectivity index (χ3n) is 5.12. The summed E-state index contributed by atoms with van der Waals surface area (Å²) in [6.45, 7) is 6.51. The maximum Gasteiger partial charge on any atom is 0.490 e. The Bertz CT molecular complexity index is 438. The number of anilines is 1. The van der Waals surface area contributed by atoms with Gasteiger partial charge in [-0.15, -0.1) is 0 Å². The Morgan fingerprint density at radius 1 is 0.692 bits per heavy atom. The van der Waals surface area contributed by atoms with Crippen molar-refractivity contribution in [3.8, 4) is 0 Å². The topological polar surface area (TPSA) is 43.7 Å². The molecule has 0 aromatic heterocycles. The molecule has 0 saturated heterocycles. The minimum atomic E-state index is -1.40. The molecule has 0 radical (unpaired) electrons. The molecule has 148 valence electrons. The number of para-hydroxylation sites is 1. The van der Waals surface area contributed by atoms with Gasteiger partial charge in [0.15, 0.2) is 0 Å². The minimum absolute atomic E-state index is 0.629. The molecule has 0 fully saturated rings. The third-order valence-corrected chi connectivity index (χ3v) is 5.12. The van der Waals surface area contributed by atoms with Crippen LogP contribution in [0.4, 0.5) is 5.69 Å². The first-order valence-corrected chi connectivity index (χ1v) is 10.9. The zero-order valence-electron chi connectivity index (χ0n) is 17.1. The lowest BCUT2D eigenvalue weighted by molar-refractivity contribution is 0.425. The van der Waals surface area contributed by atoms with Crippen LogP contribution >= 0.6 is 0 Å². The summed E-state index contributed by atoms with van der Waals surface area (Å²) < 4.78 is 0. The molecule has 0 aliphatic carbocycles. The van der Waals surface area contributed by atoms with E-state index in [9.17, 15) is 10.0 Å². The molecule has 1 aromatic rings. The quantitative estimate of drug-likeness (QED) is 0.325. The molecule has 1 rings (SSSR count). The molecule has 0 heterocycles. The Hall–Kier alpha value is -0.995. The SMILES string of the molecule is CCCCCCCCN(CCCCCCCC)c1ccccc1B(O)O. The molecule has 4 heteroatoms. The molecule has 2 N–H and O–H groups in total. The van der Waals surface area contributed by atoms with E-state index >= 15 is 0 Å². The van der Waals surface area contributed by atoms with Crippen molar-refractivity contribution >= 4 is 18.3 Å². The van der Waals surface area contributed by atoms with Gasteiger partial charge in [0.25, 0.3) is 0 Å². The average Bonchev–Trinajstić information content (AvgIpc) is 2.65. The van der Waals surface area contributed by atoms with Crippen LogP contribution in [-0.2, 0) is 0 Å². The number of hydrogen-bond donors (Lipinski definition) is 2. The first-order chi connectivity index (χ1) is 12.7. The van der Waals surface area contributed by atoms with Gasteiger partial charge in [-0.1, -0.05) is 96.3 Å². The molecule has 0 atom stereocenters. The molecule has 26 heavy (non-hydrogen) atoms. The maximum absolute atomic E-state index is 9.72. The Morgan fingerprint density at radius 3 is 1.65 bits per heavy atom. The predicted octanol–water partition coefficient (Wildman–Crippen LogP) is 4.89. The molecule has 0 aliphatic heterocycles. The molecular weight excluding hydrogens is 321 g/mol. The Balaban J connectivity index is 2.55. The first kappa shape index (κ1) is 23.0. The molecule has 0 unspecified atom stereocenters. The van der Waals surface area contributed by atoms with Crippen LogP contribution in [0.15, 0.2) is 24.3 Å². The summed E-state index contributed by atoms with van der Waals surface area (Å²) in [4.78, 5) is 2.37. The Labute approximate surface area is 162 Å². The van der Waals surface area contributed by atoms with Crippen molar-refractivity contribution in [2.45, 2.75) is 90.9 Å². The highest BCUT2D eigenvalue weighted by atomic mass is 16.4. The van der Waals surface area contributed by atoms with Crippen LogP contribution in [0, 0.1) is 0 Å². The van der Waals surface area contributed by atoms with E-state index in [0.29, 0.717) is 5.46 Å². The molecule has 0 amide bonds. The molecule has 0 spiro atoms. The molecule has 0 bridgehead atoms. The summed E-state index contributed by atoms with van der Waals surface area (Å²) in [5.41, 5.74) is 1.62. The second-order valence-corrected chi connectivity index (χ2v) is 7.46. The van der Waals surface area contributed by atoms with Crippen LogP contribution in [0.5, 0.6) is 0 Å². The number of nitrogens with zero attached hydrogens (tertiary/aromatic N) is 1. The van der Waals surface area contributed by atoms with E-state index in [1.165, 1.54) is 77.0 Å². The van der Waals surface area contributed by atoms with Crippen LogP contribution in [-0.4, -0.2) is 30.3 Å². The fraction of sp³-hybridized carbons (Fsp3) is 0.727. The molecule has 1 aromatic carbocycles. The van der Waals surface area contributed by atoms with Crippen molar-refractivity contribution in [3.05, 3.63) is 24.3 Å². The number of benzene rings is 1. The van der Waals surface area contributed by atoms with E-state index in [2.05, 4.69) is 18.7 Å². The average molecular weight is 361 g/mol. The number of hydrogen-bond acceptors (Lipinski definition) is 3. The highest BCUT2D eigenvalue weighted by Gasteiger charge is 2.19. The van der Waals surface area contributed by atoms with Crippen LogP contribution in [0.1, 0.15) is 90.9 Å². The summed E-state index contributed by atoms with van der Waals surface area (Å²) in [6, 6.07) is 7.74. The summed E-state index contributed by atoms with van der Waals surface area (Å²) in [7, 11) is -1.40. The van der Waals surface area contributed by atoms with Gasteiger partial charge in [-0.25, -0.2) is 0 Å². The van der Waals surface area contributed by atoms with E-state index in [-0.39, 0.29) is 0 Å². The number of unbranched alkanes of at least 4 members (excludes halogenated alkanes) is 10. The third kappa shape index (κ3) is 9.63. The summed E-state index contributed by atoms with van der Waals surface area (Å²) >= 11 is 0. The van der Waals surface area contributed by atoms with E-state index in [1.807, 2.05) is 24.3 Å². The second-order valence-electron chi connectivity index (χ2n) is 7.46. The minimum Gasteiger partial charge on any atom is -0.423 e. The zero-order chi connectivity index (χ0) is 19.0. The zero-order valence-corrected chi connectivity index (χ0v) is 17.1. The fourth-order valence-electron chi connectivity index (χ4n) is 3.51. The van der Waals surface area contributed by atoms with Crippen LogP contribution in [0.3, 0.4) is 0 Å². The van der Waals surface area contributed by atoms with E-state index in [4.69, 9.17) is 0 Å². The largest absolute Gasteiger partial charge is 0.490 e. The van der Waals surface area contributed by atoms with Gasteiger partial charge in [-0.2, -0.15) is 0 Å². The van der Waals surface area contributed by atoms with Gasteiger partial charge >= 0.3 is 7.12 Å². The molecule has 3 nitrogen and oxygen atoms in total. The molecule has 0 saturated carbocycles. The van der Waals surface area contributed by atoms with Gasteiger partial charge in [0.1, 0.15) is 0 Å². The van der Waals surface area contributed by atoms with Crippen molar-refractivity contribution in [1.29, 1.82) is 0 Å². The van der Waals surface area contributed by atoms with Gasteiger partial charge in [0, 0.05) is 24.2 Å². The predicted molar refractivity (Wildman–Crippen MR) is 115 cm³/mol. The van der Waals surface area contributed by atoms with Crippen LogP contribution < -0.4 is 10.4 Å². The van der Waals surface area contributed by atoms with Gasteiger partial charge in [0.05, 0.1) is 0 Å². The Kier molecular flexibility index (Phi) is 13.4. The smallest absolute Gasteiger partial charge is 0.423 e. The standard InChI is InChI=1S/C22H40BNO2/c1-3-5-7-9-11-15-19-24(20-16-12-10-8-6-4-2)22-18-14-13-17-21(22)23(25)26/h13-14,17-18,25-26H,3-12,15-16,19-20H2,1-2H3. The van der Waals surface area contributed by atoms with Crippen LogP contribution in [0.2, 0.25) is 0 Å². The lowest BCUT2D eigenvalue weighted by Crippen LogP contribution is -2.38. The van der Waals surface area contributed by atoms with E-state index in [0.717, 1.165) is 18.8 Å². The van der Waals surface area contributed by atoms with Gasteiger partial charge in [-0.3, -0.25) is 0 Å². The monoisotopic (exact) mass is 361 g/mol. The normalized spacial score (nSPS) is 10.9. The summed E-state index contributed by atoms with van der Waals surface area (Å²) in [6.07, 6.45) is 15.4. The molecular formula is C22H40BNO2. The first-order valence-electron chi connectivity index (χ1n) is 10.9. The van der Waals surface area contributed by atoms with Gasteiger partial charge in [-0.05, 0) is 18.9 Å². The van der Waals surface area contributed by atoms with Crippen molar-refractivity contribution in [2.24, 2.45) is 0 Å². The Morgan fingerprint density at radius 2 is 1.15 bits per heavy atom. The van der Waals surface area contributed by atoms with E-state index in [1.54, 1.807) is 0 Å². The van der Waals surface area contributed by atoms with Crippen molar-refractivity contribution in [2.75, 3.05) is 18.0 Å².